The van der Waals surface area contributed by atoms with Gasteiger partial charge in [0.15, 0.2) is 0 Å². The molecule has 41 valence electrons. The van der Waals surface area contributed by atoms with Crippen LogP contribution >= 0.6 is 11.6 Å². The molecule has 1 saturated carbocycles. The van der Waals surface area contributed by atoms with Gasteiger partial charge in [-0.05, 0) is 31.6 Å². The summed E-state index contributed by atoms with van der Waals surface area (Å²) in [6, 6.07) is 0. The van der Waals surface area contributed by atoms with E-state index in [9.17, 15) is 0 Å². The zero-order chi connectivity index (χ0) is 5.11. The van der Waals surface area contributed by atoms with Gasteiger partial charge < -0.3 is 0 Å². The molecule has 0 amide bonds. The maximum absolute atomic E-state index is 5.59. The lowest BCUT2D eigenvalue weighted by Crippen LogP contribution is -1.91. The fourth-order valence-electron chi connectivity index (χ4n) is 0.965. The minimum absolute atomic E-state index is 0.807. The Kier molecular flexibility index (Phi) is 1.99. The fraction of sp³-hybridized carbons (Fsp3) is 0.833. The van der Waals surface area contributed by atoms with Gasteiger partial charge >= 0.3 is 0 Å². The van der Waals surface area contributed by atoms with Crippen LogP contribution in [0.3, 0.4) is 0 Å². The van der Waals surface area contributed by atoms with Crippen LogP contribution < -0.4 is 0 Å². The first kappa shape index (κ1) is 5.43. The van der Waals surface area contributed by atoms with Gasteiger partial charge in [0.05, 0.1) is 0 Å². The molecular weight excluding hydrogens is 108 g/mol. The summed E-state index contributed by atoms with van der Waals surface area (Å²) in [4.78, 5) is 0. The molecule has 0 bridgehead atoms. The number of rotatable bonds is 1. The standard InChI is InChI=1S/C6H10Cl/c7-5-6-3-1-2-4-6/h1,6H,2-5H2. The second-order valence-electron chi connectivity index (χ2n) is 2.12. The van der Waals surface area contributed by atoms with Crippen LogP contribution in [0.25, 0.3) is 0 Å². The molecule has 1 rings (SSSR count). The SMILES string of the molecule is ClCC1C[CH]CC1. The maximum Gasteiger partial charge on any atom is 0.0251 e. The summed E-state index contributed by atoms with van der Waals surface area (Å²) in [6.07, 6.45) is 6.19. The number of alkyl halides is 1. The molecule has 1 fully saturated rings. The van der Waals surface area contributed by atoms with E-state index in [4.69, 9.17) is 11.6 Å². The minimum atomic E-state index is 0.807. The first-order valence-corrected chi connectivity index (χ1v) is 3.34. The molecular formula is C6H10Cl. The number of halogens is 1. The fourth-order valence-corrected chi connectivity index (χ4v) is 1.25. The van der Waals surface area contributed by atoms with E-state index in [2.05, 4.69) is 6.42 Å². The topological polar surface area (TPSA) is 0 Å². The largest absolute Gasteiger partial charge is 0.126 e. The van der Waals surface area contributed by atoms with Crippen LogP contribution in [-0.4, -0.2) is 5.88 Å². The van der Waals surface area contributed by atoms with Crippen LogP contribution in [-0.2, 0) is 0 Å². The summed E-state index contributed by atoms with van der Waals surface area (Å²) in [5.41, 5.74) is 0. The predicted molar refractivity (Wildman–Crippen MR) is 32.4 cm³/mol. The van der Waals surface area contributed by atoms with Crippen molar-refractivity contribution < 1.29 is 0 Å². The van der Waals surface area contributed by atoms with Crippen LogP contribution in [0.4, 0.5) is 0 Å². The Hall–Kier alpha value is 0.290. The van der Waals surface area contributed by atoms with Crippen molar-refractivity contribution in [3.8, 4) is 0 Å². The first-order valence-electron chi connectivity index (χ1n) is 2.81. The number of hydrogen-bond donors (Lipinski definition) is 0. The van der Waals surface area contributed by atoms with Crippen molar-refractivity contribution in [1.29, 1.82) is 0 Å². The van der Waals surface area contributed by atoms with Gasteiger partial charge in [-0.25, -0.2) is 0 Å². The molecule has 0 saturated heterocycles. The summed E-state index contributed by atoms with van der Waals surface area (Å²) in [5.74, 6) is 1.66. The Bertz CT molecular complexity index is 46.1. The summed E-state index contributed by atoms with van der Waals surface area (Å²) in [7, 11) is 0. The summed E-state index contributed by atoms with van der Waals surface area (Å²) in [6.45, 7) is 0. The van der Waals surface area contributed by atoms with E-state index < -0.39 is 0 Å². The summed E-state index contributed by atoms with van der Waals surface area (Å²) in [5, 5.41) is 0. The average Bonchev–Trinajstić information content (AvgIpc) is 2.14. The van der Waals surface area contributed by atoms with Gasteiger partial charge in [-0.3, -0.25) is 0 Å². The van der Waals surface area contributed by atoms with Crippen LogP contribution in [0.5, 0.6) is 0 Å². The Labute approximate surface area is 49.9 Å². The molecule has 1 atom stereocenters. The average molecular weight is 118 g/mol. The molecule has 0 aromatic rings. The zero-order valence-corrected chi connectivity index (χ0v) is 5.12. The normalized spacial score (nSPS) is 23.6. The van der Waals surface area contributed by atoms with Gasteiger partial charge in [-0.15, -0.1) is 11.6 Å². The second kappa shape index (κ2) is 2.56. The van der Waals surface area contributed by atoms with Crippen molar-refractivity contribution in [2.75, 3.05) is 5.88 Å². The van der Waals surface area contributed by atoms with Crippen LogP contribution in [0, 0.1) is 12.3 Å². The lowest BCUT2D eigenvalue weighted by molar-refractivity contribution is 0.627. The van der Waals surface area contributed by atoms with E-state index in [0.717, 1.165) is 11.8 Å². The third kappa shape index (κ3) is 1.34. The van der Waals surface area contributed by atoms with E-state index in [1.54, 1.807) is 0 Å². The molecule has 7 heavy (non-hydrogen) atoms. The molecule has 1 heteroatoms. The highest BCUT2D eigenvalue weighted by atomic mass is 35.5. The molecule has 0 N–H and O–H groups in total. The number of hydrogen-bond acceptors (Lipinski definition) is 0. The van der Waals surface area contributed by atoms with Crippen molar-refractivity contribution in [2.45, 2.75) is 19.3 Å². The second-order valence-corrected chi connectivity index (χ2v) is 2.43. The van der Waals surface area contributed by atoms with Gasteiger partial charge in [-0.2, -0.15) is 0 Å². The molecule has 0 aromatic carbocycles. The molecule has 1 radical (unpaired) electrons. The molecule has 1 aliphatic carbocycles. The minimum Gasteiger partial charge on any atom is -0.126 e. The Morgan fingerprint density at radius 2 is 2.57 bits per heavy atom. The van der Waals surface area contributed by atoms with Crippen molar-refractivity contribution >= 4 is 11.6 Å². The lowest BCUT2D eigenvalue weighted by atomic mass is 10.1. The van der Waals surface area contributed by atoms with E-state index >= 15 is 0 Å². The van der Waals surface area contributed by atoms with Gasteiger partial charge in [-0.1, -0.05) is 0 Å². The Balaban J connectivity index is 2.14. The predicted octanol–water partition coefficient (Wildman–Crippen LogP) is 2.23. The highest BCUT2D eigenvalue weighted by Crippen LogP contribution is 2.24. The van der Waals surface area contributed by atoms with Crippen LogP contribution in [0.1, 0.15) is 19.3 Å². The summed E-state index contributed by atoms with van der Waals surface area (Å²) >= 11 is 5.59. The van der Waals surface area contributed by atoms with Crippen LogP contribution in [0.15, 0.2) is 0 Å². The van der Waals surface area contributed by atoms with Gasteiger partial charge in [0.1, 0.15) is 0 Å². The van der Waals surface area contributed by atoms with Gasteiger partial charge in [0, 0.05) is 5.88 Å². The molecule has 0 aliphatic heterocycles. The Morgan fingerprint density at radius 1 is 1.71 bits per heavy atom. The van der Waals surface area contributed by atoms with Crippen molar-refractivity contribution in [3.05, 3.63) is 6.42 Å². The highest BCUT2D eigenvalue weighted by Gasteiger charge is 2.12. The van der Waals surface area contributed by atoms with Crippen molar-refractivity contribution in [3.63, 3.8) is 0 Å². The first-order chi connectivity index (χ1) is 3.43. The third-order valence-corrected chi connectivity index (χ3v) is 1.93. The zero-order valence-electron chi connectivity index (χ0n) is 4.36. The van der Waals surface area contributed by atoms with E-state index in [-0.39, 0.29) is 0 Å². The van der Waals surface area contributed by atoms with Gasteiger partial charge in [0.2, 0.25) is 0 Å². The molecule has 0 spiro atoms. The smallest absolute Gasteiger partial charge is 0.0251 e. The van der Waals surface area contributed by atoms with Crippen molar-refractivity contribution in [2.24, 2.45) is 5.92 Å². The monoisotopic (exact) mass is 117 g/mol. The summed E-state index contributed by atoms with van der Waals surface area (Å²) < 4.78 is 0. The lowest BCUT2D eigenvalue weighted by Gasteiger charge is -1.97. The molecule has 0 heterocycles. The van der Waals surface area contributed by atoms with Crippen molar-refractivity contribution in [1.82, 2.24) is 0 Å². The van der Waals surface area contributed by atoms with E-state index in [1.165, 1.54) is 19.3 Å². The van der Waals surface area contributed by atoms with Gasteiger partial charge in [0.25, 0.3) is 0 Å². The quantitative estimate of drug-likeness (QED) is 0.462. The Morgan fingerprint density at radius 3 is 2.86 bits per heavy atom. The molecule has 0 nitrogen and oxygen atoms in total. The molecule has 1 unspecified atom stereocenters. The highest BCUT2D eigenvalue weighted by molar-refractivity contribution is 6.18. The van der Waals surface area contributed by atoms with Crippen LogP contribution in [0.2, 0.25) is 0 Å². The third-order valence-electron chi connectivity index (χ3n) is 1.50. The maximum atomic E-state index is 5.59. The van der Waals surface area contributed by atoms with E-state index in [1.807, 2.05) is 0 Å². The van der Waals surface area contributed by atoms with E-state index in [0.29, 0.717) is 0 Å². The molecule has 1 aliphatic rings. The molecule has 0 aromatic heterocycles.